The Morgan fingerprint density at radius 3 is 2.12 bits per heavy atom. The van der Waals surface area contributed by atoms with E-state index in [0.29, 0.717) is 77.0 Å². The van der Waals surface area contributed by atoms with Gasteiger partial charge in [0.15, 0.2) is 11.6 Å². The Balaban J connectivity index is 0.661. The van der Waals surface area contributed by atoms with Gasteiger partial charge in [-0.15, -0.1) is 0 Å². The summed E-state index contributed by atoms with van der Waals surface area (Å²) in [5, 5.41) is 41.6. The largest absolute Gasteiger partial charge is 0.459 e. The Labute approximate surface area is 451 Å². The van der Waals surface area contributed by atoms with Crippen molar-refractivity contribution in [1.29, 1.82) is 0 Å². The minimum absolute atomic E-state index is 0.0139. The summed E-state index contributed by atoms with van der Waals surface area (Å²) in [7, 11) is 0. The molecule has 15 saturated heterocycles. The maximum Gasteiger partial charge on any atom is 0.308 e. The third-order valence-electron chi connectivity index (χ3n) is 20.8. The van der Waals surface area contributed by atoms with Crippen LogP contribution in [0, 0.1) is 11.8 Å². The predicted octanol–water partition coefficient (Wildman–Crippen LogP) is 4.07. The molecule has 4 N–H and O–H groups in total. The first-order valence-corrected chi connectivity index (χ1v) is 29.9. The van der Waals surface area contributed by atoms with Crippen LogP contribution in [0.2, 0.25) is 0 Å². The van der Waals surface area contributed by atoms with Gasteiger partial charge >= 0.3 is 5.97 Å². The standard InChI is InChI=1S/C58H84O19/c1-26-13-31-5-7-37-27(2)14-33(64-37)9-11-58-24-49-53(76-58)54-55(73-49)56(77-58)52-38(71-54)8-6-32(67-52)18-50(63)70-47-22-46-45(69-44(47)19-39(65-31)29(26)4)21-43-42(68-46)17-34(66-43)16-41-35(61)10-12-57(74-41)23-28(3)51-48(75-57)20-40(72-51)36(62)15-30(60)25-59/h26,28,30-49,51-56,59-62H,2,4-25H2,1,3H3/t26-,28+,30-,31+,32-,33+,34+,35+,36+,37+,38+,39-,40+,41+,42?,43-,44+,45+,46?,47-,48+,49+,51+,52+,53?,54+,55-,56+,57-,58+/m1/s1. The van der Waals surface area contributed by atoms with Crippen molar-refractivity contribution in [2.75, 3.05) is 6.61 Å². The van der Waals surface area contributed by atoms with Crippen LogP contribution in [0.1, 0.15) is 142 Å². The topological polar surface area (TPSA) is 227 Å². The summed E-state index contributed by atoms with van der Waals surface area (Å²) in [6.07, 6.45) is 2.06. The molecule has 19 nitrogen and oxygen atoms in total. The molecule has 2 spiro atoms. The van der Waals surface area contributed by atoms with Crippen LogP contribution in [-0.4, -0.2) is 203 Å². The molecule has 0 aromatic rings. The quantitative estimate of drug-likeness (QED) is 0.217. The second-order valence-corrected chi connectivity index (χ2v) is 26.2. The number of carbonyl (C=O) groups is 1. The Morgan fingerprint density at radius 1 is 0.571 bits per heavy atom. The van der Waals surface area contributed by atoms with E-state index in [1.807, 2.05) is 0 Å². The lowest BCUT2D eigenvalue weighted by atomic mass is 9.82. The average Bonchev–Trinajstić information content (AvgIpc) is 4.41. The average molecular weight is 1090 g/mol. The molecule has 430 valence electrons. The molecular weight excluding hydrogens is 1000 g/mol. The maximum absolute atomic E-state index is 14.4. The summed E-state index contributed by atoms with van der Waals surface area (Å²) < 4.78 is 95.1. The molecule has 3 unspecified atom stereocenters. The summed E-state index contributed by atoms with van der Waals surface area (Å²) in [5.41, 5.74) is 2.14. The lowest BCUT2D eigenvalue weighted by Crippen LogP contribution is -2.61. The monoisotopic (exact) mass is 1080 g/mol. The number of ether oxygens (including phenoxy) is 14. The molecule has 15 rings (SSSR count). The fourth-order valence-corrected chi connectivity index (χ4v) is 16.9. The summed E-state index contributed by atoms with van der Waals surface area (Å²) in [6.45, 7) is 12.9. The molecule has 19 heteroatoms. The Kier molecular flexibility index (Phi) is 14.4. The minimum Gasteiger partial charge on any atom is -0.459 e. The van der Waals surface area contributed by atoms with Crippen LogP contribution in [0.4, 0.5) is 0 Å². The maximum atomic E-state index is 14.4. The van der Waals surface area contributed by atoms with Gasteiger partial charge in [-0.1, -0.05) is 27.0 Å². The van der Waals surface area contributed by atoms with E-state index in [1.54, 1.807) is 0 Å². The molecule has 15 aliphatic heterocycles. The molecule has 0 aliphatic carbocycles. The lowest BCUT2D eigenvalue weighted by molar-refractivity contribution is -0.346. The van der Waals surface area contributed by atoms with Crippen molar-refractivity contribution in [2.45, 2.75) is 313 Å². The third kappa shape index (κ3) is 10.1. The van der Waals surface area contributed by atoms with Gasteiger partial charge in [-0.25, -0.2) is 0 Å². The molecule has 0 amide bonds. The predicted molar refractivity (Wildman–Crippen MR) is 267 cm³/mol. The molecule has 0 aromatic carbocycles. The fourth-order valence-electron chi connectivity index (χ4n) is 16.9. The van der Waals surface area contributed by atoms with Crippen molar-refractivity contribution in [3.8, 4) is 0 Å². The van der Waals surface area contributed by atoms with Crippen LogP contribution in [0.25, 0.3) is 0 Å². The SMILES string of the molecule is C=C1C[C@@H]2CC[C@@]34C[C@@H]5O[C@H]6[C@@H](O3)[C@H]3O[C@H](CC[C@@H]3O[C@H]6C5O4)CC(=O)O[C@@H]3CC4OC5C[C@H](C[C@@H]6O[C@@]7(CC[C@@H]6O)C[C@H](C)[C@@H]6O[C@H]([C@@H](O)C[C@@H](O)CO)C[C@@H]6O7)O[C@@H]5C[C@@H]4O[C@H]3C[C@H]3O[C@@H](CC[C@@H]1O2)C[C@@H](C)C3=C. The van der Waals surface area contributed by atoms with Gasteiger partial charge in [0.1, 0.15) is 36.6 Å². The fraction of sp³-hybridized carbons (Fsp3) is 0.914. The number of fused-ring (bicyclic) bond motifs is 9. The van der Waals surface area contributed by atoms with Gasteiger partial charge in [0.25, 0.3) is 0 Å². The van der Waals surface area contributed by atoms with E-state index in [0.717, 1.165) is 49.7 Å². The van der Waals surface area contributed by atoms with Crippen LogP contribution in [-0.2, 0) is 71.1 Å². The van der Waals surface area contributed by atoms with Crippen LogP contribution in [0.15, 0.2) is 24.3 Å². The number of esters is 1. The smallest absolute Gasteiger partial charge is 0.308 e. The Morgan fingerprint density at radius 2 is 1.27 bits per heavy atom. The number of hydrogen-bond donors (Lipinski definition) is 4. The van der Waals surface area contributed by atoms with Crippen LogP contribution < -0.4 is 0 Å². The zero-order valence-electron chi connectivity index (χ0n) is 44.8. The van der Waals surface area contributed by atoms with Crippen LogP contribution >= 0.6 is 0 Å². The van der Waals surface area contributed by atoms with Crippen molar-refractivity contribution in [3.05, 3.63) is 24.3 Å². The minimum atomic E-state index is -1.03. The number of hydrogen-bond acceptors (Lipinski definition) is 19. The second-order valence-electron chi connectivity index (χ2n) is 26.2. The van der Waals surface area contributed by atoms with Gasteiger partial charge in [0.05, 0.1) is 135 Å². The first kappa shape index (κ1) is 53.3. The second kappa shape index (κ2) is 20.9. The molecule has 15 fully saturated rings. The van der Waals surface area contributed by atoms with Crippen molar-refractivity contribution in [1.82, 2.24) is 0 Å². The summed E-state index contributed by atoms with van der Waals surface area (Å²) in [5.74, 6) is -1.81. The van der Waals surface area contributed by atoms with Gasteiger partial charge in [-0.05, 0) is 74.3 Å². The van der Waals surface area contributed by atoms with Crippen molar-refractivity contribution >= 4 is 5.97 Å². The Bertz CT molecular complexity index is 2200. The van der Waals surface area contributed by atoms with E-state index in [2.05, 4.69) is 27.0 Å². The van der Waals surface area contributed by atoms with Gasteiger partial charge in [-0.2, -0.15) is 0 Å². The zero-order valence-corrected chi connectivity index (χ0v) is 44.8. The van der Waals surface area contributed by atoms with E-state index in [1.165, 1.54) is 0 Å². The molecule has 77 heavy (non-hydrogen) atoms. The van der Waals surface area contributed by atoms with E-state index in [4.69, 9.17) is 66.3 Å². The molecule has 0 radical (unpaired) electrons. The van der Waals surface area contributed by atoms with Crippen molar-refractivity contribution in [3.63, 3.8) is 0 Å². The van der Waals surface area contributed by atoms with E-state index in [9.17, 15) is 25.2 Å². The summed E-state index contributed by atoms with van der Waals surface area (Å²) in [4.78, 5) is 14.4. The van der Waals surface area contributed by atoms with Gasteiger partial charge in [0, 0.05) is 70.6 Å². The first-order valence-electron chi connectivity index (χ1n) is 29.9. The van der Waals surface area contributed by atoms with Crippen LogP contribution in [0.5, 0.6) is 0 Å². The summed E-state index contributed by atoms with van der Waals surface area (Å²) in [6, 6.07) is 0. The van der Waals surface area contributed by atoms with E-state index < -0.39 is 79.2 Å². The Hall–Kier alpha value is -1.73. The highest BCUT2D eigenvalue weighted by atomic mass is 16.8. The van der Waals surface area contributed by atoms with Gasteiger partial charge in [-0.3, -0.25) is 4.79 Å². The zero-order chi connectivity index (χ0) is 52.6. The molecule has 15 heterocycles. The molecule has 30 atom stereocenters. The molecule has 0 saturated carbocycles. The molecular formula is C58H84O19. The third-order valence-corrected chi connectivity index (χ3v) is 20.8. The number of carbonyl (C=O) groups excluding carboxylic acids is 1. The lowest BCUT2D eigenvalue weighted by Gasteiger charge is -2.50. The molecule has 12 bridgehead atoms. The number of rotatable bonds is 6. The van der Waals surface area contributed by atoms with E-state index >= 15 is 0 Å². The first-order chi connectivity index (χ1) is 37.1. The van der Waals surface area contributed by atoms with Crippen LogP contribution in [0.3, 0.4) is 0 Å². The van der Waals surface area contributed by atoms with Gasteiger partial charge in [0.2, 0.25) is 0 Å². The van der Waals surface area contributed by atoms with Crippen molar-refractivity contribution < 1.29 is 91.5 Å². The van der Waals surface area contributed by atoms with Gasteiger partial charge < -0.3 is 86.7 Å². The number of aliphatic hydroxyl groups is 4. The highest BCUT2D eigenvalue weighted by molar-refractivity contribution is 5.70. The molecule has 15 aliphatic rings. The normalized spacial score (nSPS) is 54.9. The molecule has 0 aromatic heterocycles. The summed E-state index contributed by atoms with van der Waals surface area (Å²) >= 11 is 0. The highest BCUT2D eigenvalue weighted by Crippen LogP contribution is 2.55. The number of aliphatic hydroxyl groups excluding tert-OH is 4. The van der Waals surface area contributed by atoms with Crippen molar-refractivity contribution in [2.24, 2.45) is 11.8 Å². The highest BCUT2D eigenvalue weighted by Gasteiger charge is 2.69. The van der Waals surface area contributed by atoms with E-state index in [-0.39, 0.29) is 128 Å².